The fourth-order valence-electron chi connectivity index (χ4n) is 3.61. The van der Waals surface area contributed by atoms with Gasteiger partial charge in [-0.2, -0.15) is 0 Å². The Bertz CT molecular complexity index is 508. The molecule has 0 bridgehead atoms. The zero-order chi connectivity index (χ0) is 17.6. The lowest BCUT2D eigenvalue weighted by atomic mass is 9.71. The highest BCUT2D eigenvalue weighted by Gasteiger charge is 2.29. The largest absolute Gasteiger partial charge is 0.462 e. The van der Waals surface area contributed by atoms with Crippen LogP contribution in [0.1, 0.15) is 69.3 Å². The van der Waals surface area contributed by atoms with Gasteiger partial charge in [0.25, 0.3) is 0 Å². The normalized spacial score (nSPS) is 21.5. The molecule has 2 rings (SSSR count). The molecule has 1 aliphatic carbocycles. The first kappa shape index (κ1) is 19.0. The van der Waals surface area contributed by atoms with Crippen molar-refractivity contribution in [3.63, 3.8) is 0 Å². The maximum atomic E-state index is 11.6. The van der Waals surface area contributed by atoms with Gasteiger partial charge in [-0.25, -0.2) is 4.79 Å². The molecule has 1 fully saturated rings. The van der Waals surface area contributed by atoms with Gasteiger partial charge in [0.05, 0.1) is 12.2 Å². The van der Waals surface area contributed by atoms with Crippen LogP contribution in [0, 0.1) is 11.3 Å². The summed E-state index contributed by atoms with van der Waals surface area (Å²) >= 11 is 0. The lowest BCUT2D eigenvalue weighted by Crippen LogP contribution is -2.37. The minimum Gasteiger partial charge on any atom is -0.462 e. The van der Waals surface area contributed by atoms with Crippen LogP contribution in [-0.4, -0.2) is 25.2 Å². The quantitative estimate of drug-likeness (QED) is 0.774. The van der Waals surface area contributed by atoms with Crippen molar-refractivity contribution in [1.29, 1.82) is 0 Å². The minimum atomic E-state index is -0.238. The monoisotopic (exact) mass is 331 g/mol. The first-order valence-electron chi connectivity index (χ1n) is 9.39. The molecule has 1 N–H and O–H groups in total. The Balaban J connectivity index is 1.70. The van der Waals surface area contributed by atoms with Gasteiger partial charge in [-0.1, -0.05) is 32.9 Å². The molecule has 0 radical (unpaired) electrons. The molecule has 134 valence electrons. The Morgan fingerprint density at radius 3 is 2.29 bits per heavy atom. The summed E-state index contributed by atoms with van der Waals surface area (Å²) in [4.78, 5) is 11.6. The first-order chi connectivity index (χ1) is 11.4. The Labute approximate surface area is 147 Å². The van der Waals surface area contributed by atoms with Crippen LogP contribution in [0.2, 0.25) is 0 Å². The van der Waals surface area contributed by atoms with E-state index < -0.39 is 0 Å². The summed E-state index contributed by atoms with van der Waals surface area (Å²) in [6.07, 6.45) is 6.28. The van der Waals surface area contributed by atoms with Crippen LogP contribution in [0.15, 0.2) is 24.3 Å². The maximum absolute atomic E-state index is 11.6. The smallest absolute Gasteiger partial charge is 0.338 e. The molecule has 1 aromatic rings. The van der Waals surface area contributed by atoms with E-state index in [-0.39, 0.29) is 5.97 Å². The van der Waals surface area contributed by atoms with Gasteiger partial charge >= 0.3 is 5.97 Å². The predicted octanol–water partition coefficient (Wildman–Crippen LogP) is 4.60. The van der Waals surface area contributed by atoms with E-state index in [0.717, 1.165) is 18.9 Å². The average molecular weight is 332 g/mol. The standard InChI is InChI=1S/C21H33NO2/c1-5-24-20(23)17-8-6-16(7-9-17)14-15-22-19-12-10-18(11-13-19)21(2,3)4/h6-9,18-19,22H,5,10-15H2,1-4H3. The van der Waals surface area contributed by atoms with Gasteiger partial charge in [0.2, 0.25) is 0 Å². The molecule has 0 spiro atoms. The van der Waals surface area contributed by atoms with Crippen LogP contribution in [0.3, 0.4) is 0 Å². The second-order valence-electron chi connectivity index (χ2n) is 8.04. The summed E-state index contributed by atoms with van der Waals surface area (Å²) in [6.45, 7) is 10.3. The highest BCUT2D eigenvalue weighted by Crippen LogP contribution is 2.37. The third kappa shape index (κ3) is 5.62. The Morgan fingerprint density at radius 1 is 1.12 bits per heavy atom. The maximum Gasteiger partial charge on any atom is 0.338 e. The number of ether oxygens (including phenoxy) is 1. The molecule has 1 saturated carbocycles. The lowest BCUT2D eigenvalue weighted by molar-refractivity contribution is 0.0526. The lowest BCUT2D eigenvalue weighted by Gasteiger charge is -2.37. The highest BCUT2D eigenvalue weighted by atomic mass is 16.5. The van der Waals surface area contributed by atoms with Crippen LogP contribution in [0.25, 0.3) is 0 Å². The summed E-state index contributed by atoms with van der Waals surface area (Å²) in [5, 5.41) is 3.71. The number of rotatable bonds is 6. The summed E-state index contributed by atoms with van der Waals surface area (Å²) in [7, 11) is 0. The topological polar surface area (TPSA) is 38.3 Å². The fraction of sp³-hybridized carbons (Fsp3) is 0.667. The molecule has 0 heterocycles. The Hall–Kier alpha value is -1.35. The van der Waals surface area contributed by atoms with Crippen molar-refractivity contribution in [3.05, 3.63) is 35.4 Å². The summed E-state index contributed by atoms with van der Waals surface area (Å²) in [6, 6.07) is 8.46. The SMILES string of the molecule is CCOC(=O)c1ccc(CCNC2CCC(C(C)(C)C)CC2)cc1. The number of nitrogens with one attached hydrogen (secondary N) is 1. The minimum absolute atomic E-state index is 0.238. The van der Waals surface area contributed by atoms with Crippen LogP contribution >= 0.6 is 0 Å². The average Bonchev–Trinajstić information content (AvgIpc) is 2.55. The molecule has 24 heavy (non-hydrogen) atoms. The summed E-state index contributed by atoms with van der Waals surface area (Å²) in [5.41, 5.74) is 2.35. The van der Waals surface area contributed by atoms with Gasteiger partial charge in [0.15, 0.2) is 0 Å². The number of hydrogen-bond acceptors (Lipinski definition) is 3. The van der Waals surface area contributed by atoms with Crippen LogP contribution in [0.4, 0.5) is 0 Å². The Kier molecular flexibility index (Phi) is 6.85. The molecule has 3 heteroatoms. The van der Waals surface area contributed by atoms with Gasteiger partial charge in [-0.15, -0.1) is 0 Å². The third-order valence-corrected chi connectivity index (χ3v) is 5.26. The van der Waals surface area contributed by atoms with Gasteiger partial charge in [0.1, 0.15) is 0 Å². The molecule has 0 aliphatic heterocycles. The van der Waals surface area contributed by atoms with Gasteiger partial charge in [-0.3, -0.25) is 0 Å². The van der Waals surface area contributed by atoms with Crippen molar-refractivity contribution < 1.29 is 9.53 Å². The zero-order valence-corrected chi connectivity index (χ0v) is 15.7. The van der Waals surface area contributed by atoms with Gasteiger partial charge in [0, 0.05) is 6.04 Å². The molecule has 0 amide bonds. The van der Waals surface area contributed by atoms with Crippen molar-refractivity contribution in [2.24, 2.45) is 11.3 Å². The predicted molar refractivity (Wildman–Crippen MR) is 99.3 cm³/mol. The molecular weight excluding hydrogens is 298 g/mol. The molecule has 0 unspecified atom stereocenters. The van der Waals surface area contributed by atoms with E-state index in [4.69, 9.17) is 4.74 Å². The van der Waals surface area contributed by atoms with Crippen LogP contribution < -0.4 is 5.32 Å². The molecule has 0 saturated heterocycles. The molecule has 1 aromatic carbocycles. The fourth-order valence-corrected chi connectivity index (χ4v) is 3.61. The molecule has 3 nitrogen and oxygen atoms in total. The summed E-state index contributed by atoms with van der Waals surface area (Å²) < 4.78 is 5.01. The van der Waals surface area contributed by atoms with Gasteiger partial charge < -0.3 is 10.1 Å². The van der Waals surface area contributed by atoms with Crippen molar-refractivity contribution in [3.8, 4) is 0 Å². The zero-order valence-electron chi connectivity index (χ0n) is 15.7. The number of benzene rings is 1. The first-order valence-corrected chi connectivity index (χ1v) is 9.39. The molecule has 1 aliphatic rings. The second-order valence-corrected chi connectivity index (χ2v) is 8.04. The van der Waals surface area contributed by atoms with Crippen molar-refractivity contribution in [2.75, 3.05) is 13.2 Å². The van der Waals surface area contributed by atoms with Crippen molar-refractivity contribution in [1.82, 2.24) is 5.32 Å². The molecule has 0 atom stereocenters. The second kappa shape index (κ2) is 8.66. The molecule has 0 aromatic heterocycles. The van der Waals surface area contributed by atoms with E-state index in [1.807, 2.05) is 31.2 Å². The van der Waals surface area contributed by atoms with E-state index in [2.05, 4.69) is 26.1 Å². The van der Waals surface area contributed by atoms with E-state index in [9.17, 15) is 4.79 Å². The number of carbonyl (C=O) groups excluding carboxylic acids is 1. The number of esters is 1. The van der Waals surface area contributed by atoms with Crippen LogP contribution in [0.5, 0.6) is 0 Å². The van der Waals surface area contributed by atoms with Crippen molar-refractivity contribution in [2.45, 2.75) is 65.8 Å². The third-order valence-electron chi connectivity index (χ3n) is 5.26. The van der Waals surface area contributed by atoms with E-state index in [0.29, 0.717) is 23.6 Å². The number of carbonyl (C=O) groups is 1. The van der Waals surface area contributed by atoms with Gasteiger partial charge in [-0.05, 0) is 74.6 Å². The van der Waals surface area contributed by atoms with Crippen molar-refractivity contribution >= 4 is 5.97 Å². The van der Waals surface area contributed by atoms with E-state index in [1.54, 1.807) is 0 Å². The van der Waals surface area contributed by atoms with Crippen LogP contribution in [-0.2, 0) is 11.2 Å². The summed E-state index contributed by atoms with van der Waals surface area (Å²) in [5.74, 6) is 0.628. The molecular formula is C21H33NO2. The number of hydrogen-bond donors (Lipinski definition) is 1. The van der Waals surface area contributed by atoms with E-state index in [1.165, 1.54) is 31.2 Å². The van der Waals surface area contributed by atoms with E-state index >= 15 is 0 Å². The Morgan fingerprint density at radius 2 is 1.75 bits per heavy atom. The highest BCUT2D eigenvalue weighted by molar-refractivity contribution is 5.89.